The Bertz CT molecular complexity index is 1060. The van der Waals surface area contributed by atoms with Crippen LogP contribution in [0, 0.1) is 5.82 Å². The Morgan fingerprint density at radius 1 is 1.38 bits per heavy atom. The molecule has 3 aliphatic rings. The minimum Gasteiger partial charge on any atom is -0.449 e. The molecule has 0 spiro atoms. The molecule has 3 heterocycles. The first kappa shape index (κ1) is 18.7. The number of hydrogen-bond acceptors (Lipinski definition) is 6. The summed E-state index contributed by atoms with van der Waals surface area (Å²) in [6.07, 6.45) is 1.43. The summed E-state index contributed by atoms with van der Waals surface area (Å²) in [5, 5.41) is 12.4. The third-order valence-corrected chi connectivity index (χ3v) is 6.07. The number of hydrogen-bond donors (Lipinski definition) is 2. The van der Waals surface area contributed by atoms with Gasteiger partial charge in [0.15, 0.2) is 5.75 Å². The largest absolute Gasteiger partial charge is 0.511 e. The highest BCUT2D eigenvalue weighted by molar-refractivity contribution is 6.38. The van der Waals surface area contributed by atoms with E-state index in [1.54, 1.807) is 4.57 Å². The number of pyridine rings is 1. The van der Waals surface area contributed by atoms with Gasteiger partial charge >= 0.3 is 6.16 Å². The third-order valence-electron chi connectivity index (χ3n) is 5.71. The van der Waals surface area contributed by atoms with Gasteiger partial charge in [-0.15, -0.1) is 0 Å². The molecule has 1 saturated carbocycles. The van der Waals surface area contributed by atoms with Crippen molar-refractivity contribution in [2.45, 2.75) is 31.0 Å². The van der Waals surface area contributed by atoms with E-state index >= 15 is 4.39 Å². The van der Waals surface area contributed by atoms with Crippen molar-refractivity contribution >= 4 is 34.3 Å². The summed E-state index contributed by atoms with van der Waals surface area (Å²) in [6.45, 7) is 2.39. The van der Waals surface area contributed by atoms with E-state index < -0.39 is 17.4 Å². The summed E-state index contributed by atoms with van der Waals surface area (Å²) in [7, 11) is 0. The molecular formula is C19H19ClFN3O5. The van der Waals surface area contributed by atoms with Crippen LogP contribution in [0.4, 0.5) is 14.9 Å². The van der Waals surface area contributed by atoms with Crippen molar-refractivity contribution in [1.82, 2.24) is 9.88 Å². The average Bonchev–Trinajstić information content (AvgIpc) is 3.43. The van der Waals surface area contributed by atoms with Gasteiger partial charge in [-0.05, 0) is 18.9 Å². The molecule has 0 bridgehead atoms. The number of carboxylic acid groups (broad SMARTS) is 1. The maximum absolute atomic E-state index is 15.1. The second kappa shape index (κ2) is 6.86. The van der Waals surface area contributed by atoms with Crippen molar-refractivity contribution in [2.75, 3.05) is 31.1 Å². The Morgan fingerprint density at radius 3 is 2.86 bits per heavy atom. The third kappa shape index (κ3) is 3.13. The van der Waals surface area contributed by atoms with Gasteiger partial charge in [-0.1, -0.05) is 11.6 Å². The maximum atomic E-state index is 15.1. The van der Waals surface area contributed by atoms with Crippen molar-refractivity contribution in [3.05, 3.63) is 33.3 Å². The molecule has 10 heteroatoms. The quantitative estimate of drug-likeness (QED) is 0.732. The summed E-state index contributed by atoms with van der Waals surface area (Å²) in [4.78, 5) is 25.5. The fourth-order valence-corrected chi connectivity index (χ4v) is 4.69. The van der Waals surface area contributed by atoms with E-state index in [0.29, 0.717) is 25.2 Å². The second-order valence-electron chi connectivity index (χ2n) is 7.62. The zero-order valence-electron chi connectivity index (χ0n) is 15.4. The molecule has 1 aromatic heterocycles. The van der Waals surface area contributed by atoms with Gasteiger partial charge in [-0.3, -0.25) is 4.79 Å². The maximum Gasteiger partial charge on any atom is 0.511 e. The van der Waals surface area contributed by atoms with Gasteiger partial charge in [0.05, 0.1) is 46.6 Å². The van der Waals surface area contributed by atoms with Crippen molar-refractivity contribution in [3.63, 3.8) is 0 Å². The van der Waals surface area contributed by atoms with Crippen LogP contribution in [0.25, 0.3) is 10.9 Å². The number of carbonyl (C=O) groups is 1. The van der Waals surface area contributed by atoms with Gasteiger partial charge in [0, 0.05) is 25.7 Å². The molecule has 0 unspecified atom stereocenters. The number of anilines is 1. The minimum atomic E-state index is -1.60. The molecule has 2 saturated heterocycles. The van der Waals surface area contributed by atoms with Gasteiger partial charge in [-0.2, -0.15) is 0 Å². The molecule has 5 rings (SSSR count). The van der Waals surface area contributed by atoms with Crippen LogP contribution >= 0.6 is 11.6 Å². The summed E-state index contributed by atoms with van der Waals surface area (Å²) >= 11 is 6.67. The van der Waals surface area contributed by atoms with Gasteiger partial charge in [0.25, 0.3) is 0 Å². The lowest BCUT2D eigenvalue weighted by Gasteiger charge is -2.25. The molecule has 2 aromatic rings. The molecule has 0 radical (unpaired) electrons. The van der Waals surface area contributed by atoms with Crippen LogP contribution in [-0.2, 0) is 4.74 Å². The number of nitrogens with zero attached hydrogens (tertiary/aromatic N) is 2. The highest BCUT2D eigenvalue weighted by atomic mass is 35.5. The number of fused-ring (bicyclic) bond motifs is 2. The molecule has 154 valence electrons. The summed E-state index contributed by atoms with van der Waals surface area (Å²) in [5.74, 6) is -0.988. The first-order valence-corrected chi connectivity index (χ1v) is 9.89. The van der Waals surface area contributed by atoms with Crippen LogP contribution in [0.15, 0.2) is 17.1 Å². The Hall–Kier alpha value is -2.36. The SMILES string of the molecule is O=C(O)Oc1cn(C2CC2)c2c(Cl)c(N3C[C@@H]4OCCN[C@@H]4C3)c(F)cc2c1=O. The average molecular weight is 424 g/mol. The van der Waals surface area contributed by atoms with E-state index in [9.17, 15) is 9.59 Å². The van der Waals surface area contributed by atoms with Crippen molar-refractivity contribution < 1.29 is 23.8 Å². The second-order valence-corrected chi connectivity index (χ2v) is 8.00. The van der Waals surface area contributed by atoms with Crippen LogP contribution in [0.2, 0.25) is 5.02 Å². The van der Waals surface area contributed by atoms with Crippen LogP contribution in [0.3, 0.4) is 0 Å². The molecule has 1 aromatic carbocycles. The topological polar surface area (TPSA) is 93.0 Å². The molecule has 29 heavy (non-hydrogen) atoms. The van der Waals surface area contributed by atoms with Gasteiger partial charge in [0.2, 0.25) is 5.43 Å². The number of ether oxygens (including phenoxy) is 2. The zero-order valence-corrected chi connectivity index (χ0v) is 16.1. The molecule has 0 amide bonds. The molecule has 8 nitrogen and oxygen atoms in total. The predicted molar refractivity (Wildman–Crippen MR) is 104 cm³/mol. The Labute approximate surface area is 169 Å². The summed E-state index contributed by atoms with van der Waals surface area (Å²) in [6, 6.07) is 1.28. The zero-order chi connectivity index (χ0) is 20.3. The van der Waals surface area contributed by atoms with E-state index in [-0.39, 0.29) is 40.0 Å². The first-order chi connectivity index (χ1) is 13.9. The fourth-order valence-electron chi connectivity index (χ4n) is 4.28. The first-order valence-electron chi connectivity index (χ1n) is 9.51. The molecule has 1 aliphatic carbocycles. The minimum absolute atomic E-state index is 0.00730. The van der Waals surface area contributed by atoms with Crippen LogP contribution < -0.4 is 20.4 Å². The fraction of sp³-hybridized carbons (Fsp3) is 0.474. The lowest BCUT2D eigenvalue weighted by molar-refractivity contribution is 0.0212. The number of aromatic nitrogens is 1. The van der Waals surface area contributed by atoms with E-state index in [2.05, 4.69) is 10.1 Å². The van der Waals surface area contributed by atoms with Crippen molar-refractivity contribution in [3.8, 4) is 5.75 Å². The molecule has 2 N–H and O–H groups in total. The summed E-state index contributed by atoms with van der Waals surface area (Å²) < 4.78 is 27.3. The van der Waals surface area contributed by atoms with Gasteiger partial charge in [0.1, 0.15) is 5.82 Å². The van der Waals surface area contributed by atoms with E-state index in [1.165, 1.54) is 6.20 Å². The number of nitrogens with one attached hydrogen (secondary N) is 1. The predicted octanol–water partition coefficient (Wildman–Crippen LogP) is 2.36. The van der Waals surface area contributed by atoms with Crippen LogP contribution in [-0.4, -0.2) is 54.2 Å². The Kier molecular flexibility index (Phi) is 4.41. The van der Waals surface area contributed by atoms with E-state index in [1.807, 2.05) is 4.90 Å². The number of morpholine rings is 1. The lowest BCUT2D eigenvalue weighted by atomic mass is 10.1. The Morgan fingerprint density at radius 2 is 2.17 bits per heavy atom. The standard InChI is InChI=1S/C19H19ClFN3O5/c20-15-16-10(18(25)14(29-19(26)27)8-24(16)9-1-2-9)5-11(21)17(15)23-6-12-13(7-23)28-4-3-22-12/h5,8-9,12-13,22H,1-4,6-7H2,(H,26,27)/t12-,13+/m1/s1. The van der Waals surface area contributed by atoms with E-state index in [0.717, 1.165) is 25.5 Å². The molecule has 2 aliphatic heterocycles. The smallest absolute Gasteiger partial charge is 0.449 e. The monoisotopic (exact) mass is 423 g/mol. The highest BCUT2D eigenvalue weighted by Crippen LogP contribution is 2.43. The number of rotatable bonds is 3. The van der Waals surface area contributed by atoms with Gasteiger partial charge < -0.3 is 29.4 Å². The normalized spacial score (nSPS) is 24.0. The number of benzene rings is 1. The Balaban J connectivity index is 1.67. The van der Waals surface area contributed by atoms with Crippen LogP contribution in [0.5, 0.6) is 5.75 Å². The number of halogens is 2. The lowest BCUT2D eigenvalue weighted by Crippen LogP contribution is -2.47. The van der Waals surface area contributed by atoms with Crippen molar-refractivity contribution in [2.24, 2.45) is 0 Å². The summed E-state index contributed by atoms with van der Waals surface area (Å²) in [5.41, 5.74) is -0.0662. The van der Waals surface area contributed by atoms with Crippen molar-refractivity contribution in [1.29, 1.82) is 0 Å². The molecule has 3 fully saturated rings. The highest BCUT2D eigenvalue weighted by Gasteiger charge is 2.38. The van der Waals surface area contributed by atoms with Crippen LogP contribution in [0.1, 0.15) is 18.9 Å². The molecular weight excluding hydrogens is 405 g/mol. The van der Waals surface area contributed by atoms with Gasteiger partial charge in [-0.25, -0.2) is 9.18 Å². The molecule has 2 atom stereocenters. The van der Waals surface area contributed by atoms with E-state index in [4.69, 9.17) is 21.4 Å².